The van der Waals surface area contributed by atoms with Gasteiger partial charge in [0.2, 0.25) is 5.91 Å². The summed E-state index contributed by atoms with van der Waals surface area (Å²) >= 11 is 0. The Kier molecular flexibility index (Phi) is 10.7. The fourth-order valence-electron chi connectivity index (χ4n) is 5.98. The molecule has 45 heavy (non-hydrogen) atoms. The van der Waals surface area contributed by atoms with Gasteiger partial charge in [0.05, 0.1) is 39.5 Å². The van der Waals surface area contributed by atoms with E-state index in [2.05, 4.69) is 29.3 Å². The summed E-state index contributed by atoms with van der Waals surface area (Å²) < 4.78 is 24.4. The van der Waals surface area contributed by atoms with Crippen LogP contribution in [0.2, 0.25) is 0 Å². The van der Waals surface area contributed by atoms with Gasteiger partial charge < -0.3 is 34.5 Å². The molecule has 240 valence electrons. The van der Waals surface area contributed by atoms with Crippen molar-refractivity contribution in [1.29, 1.82) is 0 Å². The molecule has 10 heteroatoms. The first-order chi connectivity index (χ1) is 21.8. The number of benzene rings is 3. The van der Waals surface area contributed by atoms with Gasteiger partial charge in [0.25, 0.3) is 0 Å². The van der Waals surface area contributed by atoms with E-state index in [1.165, 1.54) is 11.1 Å². The first-order valence-corrected chi connectivity index (χ1v) is 15.3. The van der Waals surface area contributed by atoms with Crippen LogP contribution >= 0.6 is 0 Å². The van der Waals surface area contributed by atoms with E-state index in [-0.39, 0.29) is 43.5 Å². The van der Waals surface area contributed by atoms with Crippen molar-refractivity contribution in [3.05, 3.63) is 94.0 Å². The van der Waals surface area contributed by atoms with Gasteiger partial charge in [-0.1, -0.05) is 55.5 Å². The molecule has 3 N–H and O–H groups in total. The van der Waals surface area contributed by atoms with E-state index >= 15 is 0 Å². The lowest BCUT2D eigenvalue weighted by molar-refractivity contribution is -0.276. The highest BCUT2D eigenvalue weighted by Crippen LogP contribution is 2.42. The molecule has 10 nitrogen and oxygen atoms in total. The summed E-state index contributed by atoms with van der Waals surface area (Å²) in [6, 6.07) is 19.7. The summed E-state index contributed by atoms with van der Waals surface area (Å²) in [5.41, 5.74) is 6.11. The van der Waals surface area contributed by atoms with Gasteiger partial charge in [-0.3, -0.25) is 14.5 Å². The first kappa shape index (κ1) is 32.4. The standard InChI is InChI=1S/C35H42N2O8/c1-22-31(20-37-15-14-27-16-29(42-2)30(43-3)17-28(27)19-37)44-35(45-34(22)25-8-6-24(21-38)7-9-25)26-10-4-23(5-11-26)18-36-32(39)12-13-33(40)41/h4-11,16-17,22,31,34-35,38H,12-15,18-21H2,1-3H3,(H,36,39)(H,40,41). The average molecular weight is 619 g/mol. The lowest BCUT2D eigenvalue weighted by Crippen LogP contribution is -2.45. The number of fused-ring (bicyclic) bond motifs is 1. The lowest BCUT2D eigenvalue weighted by Gasteiger charge is -2.43. The van der Waals surface area contributed by atoms with Crippen LogP contribution in [0.15, 0.2) is 60.7 Å². The van der Waals surface area contributed by atoms with E-state index in [4.69, 9.17) is 24.1 Å². The molecule has 4 unspecified atom stereocenters. The maximum Gasteiger partial charge on any atom is 0.303 e. The summed E-state index contributed by atoms with van der Waals surface area (Å²) in [7, 11) is 3.31. The van der Waals surface area contributed by atoms with Crippen LogP contribution in [0, 0.1) is 5.92 Å². The van der Waals surface area contributed by atoms with Crippen molar-refractivity contribution in [2.45, 2.75) is 64.4 Å². The van der Waals surface area contributed by atoms with E-state index in [9.17, 15) is 14.7 Å². The van der Waals surface area contributed by atoms with Crippen molar-refractivity contribution < 1.29 is 38.7 Å². The number of carbonyl (C=O) groups excluding carboxylic acids is 1. The van der Waals surface area contributed by atoms with Gasteiger partial charge >= 0.3 is 5.97 Å². The normalized spacial score (nSPS) is 21.5. The Hall–Kier alpha value is -3.96. The maximum atomic E-state index is 12.0. The Morgan fingerprint density at radius 2 is 1.56 bits per heavy atom. The van der Waals surface area contributed by atoms with Gasteiger partial charge in [0.15, 0.2) is 17.8 Å². The second-order valence-electron chi connectivity index (χ2n) is 11.7. The van der Waals surface area contributed by atoms with Gasteiger partial charge in [-0.25, -0.2) is 0 Å². The third-order valence-corrected chi connectivity index (χ3v) is 8.67. The second kappa shape index (κ2) is 14.9. The molecule has 1 amide bonds. The molecule has 2 heterocycles. The molecule has 0 spiro atoms. The fraction of sp³-hybridized carbons (Fsp3) is 0.429. The van der Waals surface area contributed by atoms with Crippen molar-refractivity contribution in [2.75, 3.05) is 27.3 Å². The number of aliphatic hydroxyl groups is 1. The second-order valence-corrected chi connectivity index (χ2v) is 11.7. The zero-order valence-corrected chi connectivity index (χ0v) is 26.0. The highest BCUT2D eigenvalue weighted by atomic mass is 16.7. The molecule has 0 radical (unpaired) electrons. The fourth-order valence-corrected chi connectivity index (χ4v) is 5.98. The molecular formula is C35H42N2O8. The van der Waals surface area contributed by atoms with Crippen molar-refractivity contribution >= 4 is 11.9 Å². The molecule has 2 aliphatic heterocycles. The minimum atomic E-state index is -0.997. The van der Waals surface area contributed by atoms with Crippen molar-refractivity contribution in [3.63, 3.8) is 0 Å². The summed E-state index contributed by atoms with van der Waals surface area (Å²) in [4.78, 5) is 25.1. The number of nitrogens with one attached hydrogen (secondary N) is 1. The van der Waals surface area contributed by atoms with Crippen LogP contribution in [0.1, 0.15) is 65.5 Å². The molecule has 0 saturated carbocycles. The van der Waals surface area contributed by atoms with Crippen LogP contribution in [0.25, 0.3) is 0 Å². The predicted molar refractivity (Wildman–Crippen MR) is 167 cm³/mol. The third kappa shape index (κ3) is 8.01. The number of amides is 1. The summed E-state index contributed by atoms with van der Waals surface area (Å²) in [5.74, 6) is 0.223. The smallest absolute Gasteiger partial charge is 0.303 e. The third-order valence-electron chi connectivity index (χ3n) is 8.67. The summed E-state index contributed by atoms with van der Waals surface area (Å²) in [6.07, 6.45) is -0.303. The number of carboxylic acid groups (broad SMARTS) is 1. The Morgan fingerprint density at radius 3 is 2.20 bits per heavy atom. The van der Waals surface area contributed by atoms with E-state index in [1.54, 1.807) is 14.2 Å². The highest BCUT2D eigenvalue weighted by molar-refractivity contribution is 5.80. The van der Waals surface area contributed by atoms with Crippen LogP contribution in [-0.4, -0.2) is 60.4 Å². The topological polar surface area (TPSA) is 127 Å². The highest BCUT2D eigenvalue weighted by Gasteiger charge is 2.39. The largest absolute Gasteiger partial charge is 0.493 e. The van der Waals surface area contributed by atoms with Crippen molar-refractivity contribution in [1.82, 2.24) is 10.2 Å². The number of carbonyl (C=O) groups is 2. The van der Waals surface area contributed by atoms with Crippen molar-refractivity contribution in [2.24, 2.45) is 5.92 Å². The first-order valence-electron chi connectivity index (χ1n) is 15.3. The minimum Gasteiger partial charge on any atom is -0.493 e. The Balaban J connectivity index is 1.32. The van der Waals surface area contributed by atoms with Gasteiger partial charge in [0, 0.05) is 44.1 Å². The molecule has 3 aromatic carbocycles. The van der Waals surface area contributed by atoms with E-state index in [0.717, 1.165) is 59.8 Å². The Bertz CT molecular complexity index is 1460. The quantitative estimate of drug-likeness (QED) is 0.268. The molecule has 1 fully saturated rings. The van der Waals surface area contributed by atoms with Crippen LogP contribution in [0.3, 0.4) is 0 Å². The average Bonchev–Trinajstić information content (AvgIpc) is 3.06. The number of hydrogen-bond donors (Lipinski definition) is 3. The van der Waals surface area contributed by atoms with Gasteiger partial charge in [-0.05, 0) is 46.4 Å². The lowest BCUT2D eigenvalue weighted by atomic mass is 9.89. The number of carboxylic acids is 1. The number of aliphatic carboxylic acids is 1. The number of ether oxygens (including phenoxy) is 4. The molecule has 5 rings (SSSR count). The number of aliphatic hydroxyl groups excluding tert-OH is 1. The van der Waals surface area contributed by atoms with Crippen LogP contribution in [0.5, 0.6) is 11.5 Å². The van der Waals surface area contributed by atoms with E-state index < -0.39 is 12.3 Å². The molecule has 0 bridgehead atoms. The Labute approximate surface area is 263 Å². The molecule has 4 atom stereocenters. The number of hydrogen-bond acceptors (Lipinski definition) is 8. The molecule has 0 aromatic heterocycles. The summed E-state index contributed by atoms with van der Waals surface area (Å²) in [6.45, 7) is 4.83. The van der Waals surface area contributed by atoms with Crippen molar-refractivity contribution in [3.8, 4) is 11.5 Å². The molecular weight excluding hydrogens is 576 g/mol. The monoisotopic (exact) mass is 618 g/mol. The number of methoxy groups -OCH3 is 2. The SMILES string of the molecule is COc1cc2c(cc1OC)CN(CC1OC(c3ccc(CNC(=O)CCC(=O)O)cc3)OC(c3ccc(CO)cc3)C1C)CC2. The Morgan fingerprint density at radius 1 is 0.911 bits per heavy atom. The minimum absolute atomic E-state index is 0.0187. The maximum absolute atomic E-state index is 12.0. The van der Waals surface area contributed by atoms with Gasteiger partial charge in [-0.15, -0.1) is 0 Å². The molecule has 3 aromatic rings. The zero-order valence-electron chi connectivity index (χ0n) is 26.0. The molecule has 1 saturated heterocycles. The molecule has 2 aliphatic rings. The van der Waals surface area contributed by atoms with E-state index in [1.807, 2.05) is 48.5 Å². The molecule has 0 aliphatic carbocycles. The number of rotatable bonds is 12. The predicted octanol–water partition coefficient (Wildman–Crippen LogP) is 4.53. The summed E-state index contributed by atoms with van der Waals surface area (Å²) in [5, 5.41) is 21.1. The number of nitrogens with zero attached hydrogens (tertiary/aromatic N) is 1. The van der Waals surface area contributed by atoms with Crippen LogP contribution in [0.4, 0.5) is 0 Å². The van der Waals surface area contributed by atoms with Crippen LogP contribution < -0.4 is 14.8 Å². The zero-order chi connectivity index (χ0) is 31.9. The van der Waals surface area contributed by atoms with Crippen LogP contribution in [-0.2, 0) is 45.2 Å². The van der Waals surface area contributed by atoms with Gasteiger partial charge in [0.1, 0.15) is 0 Å². The van der Waals surface area contributed by atoms with E-state index in [0.29, 0.717) is 6.54 Å². The van der Waals surface area contributed by atoms with Gasteiger partial charge in [-0.2, -0.15) is 0 Å².